The minimum Gasteiger partial charge on any atom is -0.303 e. The molecule has 0 fully saturated rings. The van der Waals surface area contributed by atoms with E-state index in [-0.39, 0.29) is 0 Å². The van der Waals surface area contributed by atoms with Crippen LogP contribution in [0.2, 0.25) is 0 Å². The van der Waals surface area contributed by atoms with Gasteiger partial charge >= 0.3 is 0 Å². The first-order valence-electron chi connectivity index (χ1n) is 6.16. The van der Waals surface area contributed by atoms with Gasteiger partial charge in [0.2, 0.25) is 0 Å². The summed E-state index contributed by atoms with van der Waals surface area (Å²) in [5, 5.41) is 0. The molecule has 0 amide bonds. The van der Waals surface area contributed by atoms with E-state index in [9.17, 15) is 4.79 Å². The van der Waals surface area contributed by atoms with Crippen molar-refractivity contribution in [3.05, 3.63) is 34.9 Å². The normalized spacial score (nSPS) is 12.8. The number of carbonyl (C=O) groups is 1. The molecular formula is C15H22O. The molecule has 0 N–H and O–H groups in total. The predicted molar refractivity (Wildman–Crippen MR) is 69.0 cm³/mol. The molecule has 0 aliphatic rings. The van der Waals surface area contributed by atoms with Gasteiger partial charge in [0.15, 0.2) is 0 Å². The van der Waals surface area contributed by atoms with Crippen LogP contribution >= 0.6 is 0 Å². The van der Waals surface area contributed by atoms with Gasteiger partial charge in [-0.25, -0.2) is 0 Å². The van der Waals surface area contributed by atoms with Crippen LogP contribution in [-0.2, 0) is 11.2 Å². The Morgan fingerprint density at radius 2 is 1.94 bits per heavy atom. The number of hydrogen-bond acceptors (Lipinski definition) is 1. The van der Waals surface area contributed by atoms with Crippen LogP contribution in [0, 0.1) is 0 Å². The minimum absolute atomic E-state index is 0.339. The first-order chi connectivity index (χ1) is 7.60. The molecule has 1 unspecified atom stereocenters. The minimum atomic E-state index is 0.339. The van der Waals surface area contributed by atoms with Gasteiger partial charge in [0.25, 0.3) is 0 Å². The summed E-state index contributed by atoms with van der Waals surface area (Å²) in [5.74, 6) is 0.888. The van der Waals surface area contributed by atoms with Crippen LogP contribution in [0.15, 0.2) is 18.2 Å². The zero-order chi connectivity index (χ0) is 12.1. The molecule has 1 nitrogen and oxygen atoms in total. The summed E-state index contributed by atoms with van der Waals surface area (Å²) >= 11 is 0. The maximum absolute atomic E-state index is 10.6. The van der Waals surface area contributed by atoms with Crippen molar-refractivity contribution >= 4 is 6.29 Å². The highest BCUT2D eigenvalue weighted by molar-refractivity contribution is 5.52. The zero-order valence-electron chi connectivity index (χ0n) is 10.8. The quantitative estimate of drug-likeness (QED) is 0.681. The van der Waals surface area contributed by atoms with Crippen LogP contribution < -0.4 is 0 Å². The van der Waals surface area contributed by atoms with Gasteiger partial charge in [-0.3, -0.25) is 0 Å². The number of benzene rings is 1. The van der Waals surface area contributed by atoms with Crippen molar-refractivity contribution in [1.82, 2.24) is 0 Å². The number of aldehydes is 1. The molecule has 0 aliphatic carbocycles. The second-order valence-corrected chi connectivity index (χ2v) is 4.77. The van der Waals surface area contributed by atoms with Gasteiger partial charge in [-0.05, 0) is 34.9 Å². The lowest BCUT2D eigenvalue weighted by atomic mass is 9.88. The highest BCUT2D eigenvalue weighted by Crippen LogP contribution is 2.26. The van der Waals surface area contributed by atoms with E-state index >= 15 is 0 Å². The molecule has 1 atom stereocenters. The van der Waals surface area contributed by atoms with Crippen LogP contribution in [0.3, 0.4) is 0 Å². The molecule has 0 aliphatic heterocycles. The Hall–Kier alpha value is -1.11. The SMILES string of the molecule is CCc1ccc(C(C)C)cc1C(C)CC=O. The lowest BCUT2D eigenvalue weighted by Gasteiger charge is -2.16. The van der Waals surface area contributed by atoms with Crippen molar-refractivity contribution in [2.75, 3.05) is 0 Å². The van der Waals surface area contributed by atoms with Gasteiger partial charge in [-0.2, -0.15) is 0 Å². The third-order valence-electron chi connectivity index (χ3n) is 3.20. The van der Waals surface area contributed by atoms with E-state index in [1.54, 1.807) is 0 Å². The van der Waals surface area contributed by atoms with Crippen LogP contribution in [-0.4, -0.2) is 6.29 Å². The summed E-state index contributed by atoms with van der Waals surface area (Å²) in [6.45, 7) is 8.71. The van der Waals surface area contributed by atoms with Crippen molar-refractivity contribution in [3.8, 4) is 0 Å². The Morgan fingerprint density at radius 3 is 2.44 bits per heavy atom. The van der Waals surface area contributed by atoms with Crippen LogP contribution in [0.25, 0.3) is 0 Å². The third-order valence-corrected chi connectivity index (χ3v) is 3.20. The number of aryl methyl sites for hydroxylation is 1. The molecule has 0 saturated heterocycles. The summed E-state index contributed by atoms with van der Waals surface area (Å²) in [5.41, 5.74) is 4.09. The van der Waals surface area contributed by atoms with E-state index in [1.165, 1.54) is 16.7 Å². The zero-order valence-corrected chi connectivity index (χ0v) is 10.8. The highest BCUT2D eigenvalue weighted by atomic mass is 16.1. The summed E-state index contributed by atoms with van der Waals surface area (Å²) in [6, 6.07) is 6.70. The van der Waals surface area contributed by atoms with Gasteiger partial charge in [0.05, 0.1) is 0 Å². The van der Waals surface area contributed by atoms with Crippen molar-refractivity contribution in [2.45, 2.75) is 52.4 Å². The second kappa shape index (κ2) is 5.83. The lowest BCUT2D eigenvalue weighted by Crippen LogP contribution is -2.01. The van der Waals surface area contributed by atoms with E-state index in [0.29, 0.717) is 18.3 Å². The number of rotatable bonds is 5. The van der Waals surface area contributed by atoms with Crippen LogP contribution in [0.4, 0.5) is 0 Å². The van der Waals surface area contributed by atoms with Gasteiger partial charge < -0.3 is 4.79 Å². The van der Waals surface area contributed by atoms with Gasteiger partial charge in [0.1, 0.15) is 6.29 Å². The number of hydrogen-bond donors (Lipinski definition) is 0. The Morgan fingerprint density at radius 1 is 1.25 bits per heavy atom. The molecule has 1 heteroatoms. The lowest BCUT2D eigenvalue weighted by molar-refractivity contribution is -0.108. The fourth-order valence-corrected chi connectivity index (χ4v) is 2.02. The monoisotopic (exact) mass is 218 g/mol. The van der Waals surface area contributed by atoms with E-state index < -0.39 is 0 Å². The summed E-state index contributed by atoms with van der Waals surface area (Å²) in [7, 11) is 0. The third kappa shape index (κ3) is 2.94. The average Bonchev–Trinajstić information content (AvgIpc) is 2.28. The molecule has 0 saturated carbocycles. The first kappa shape index (κ1) is 13.0. The van der Waals surface area contributed by atoms with Crippen molar-refractivity contribution in [1.29, 1.82) is 0 Å². The van der Waals surface area contributed by atoms with Crippen LogP contribution in [0.5, 0.6) is 0 Å². The van der Waals surface area contributed by atoms with Gasteiger partial charge in [-0.15, -0.1) is 0 Å². The molecule has 88 valence electrons. The molecule has 0 spiro atoms. The Kier molecular flexibility index (Phi) is 4.72. The Labute approximate surface area is 98.9 Å². The number of carbonyl (C=O) groups excluding carboxylic acids is 1. The molecule has 16 heavy (non-hydrogen) atoms. The molecular weight excluding hydrogens is 196 g/mol. The topological polar surface area (TPSA) is 17.1 Å². The fourth-order valence-electron chi connectivity index (χ4n) is 2.02. The standard InChI is InChI=1S/C15H22O/c1-5-13-6-7-14(11(2)3)10-15(13)12(4)8-9-16/h6-7,9-12H,5,8H2,1-4H3. The maximum atomic E-state index is 10.6. The molecule has 0 aromatic heterocycles. The van der Waals surface area contributed by atoms with Crippen LogP contribution in [0.1, 0.15) is 62.6 Å². The molecule has 1 aromatic carbocycles. The Balaban J connectivity index is 3.10. The van der Waals surface area contributed by atoms with E-state index in [1.807, 2.05) is 0 Å². The molecule has 0 radical (unpaired) electrons. The molecule has 1 aromatic rings. The van der Waals surface area contributed by atoms with Crippen molar-refractivity contribution in [2.24, 2.45) is 0 Å². The largest absolute Gasteiger partial charge is 0.303 e. The van der Waals surface area contributed by atoms with E-state index in [4.69, 9.17) is 0 Å². The molecule has 0 heterocycles. The van der Waals surface area contributed by atoms with E-state index in [2.05, 4.69) is 45.9 Å². The fraction of sp³-hybridized carbons (Fsp3) is 0.533. The first-order valence-corrected chi connectivity index (χ1v) is 6.16. The Bertz CT molecular complexity index is 352. The second-order valence-electron chi connectivity index (χ2n) is 4.77. The highest BCUT2D eigenvalue weighted by Gasteiger charge is 2.11. The summed E-state index contributed by atoms with van der Waals surface area (Å²) in [6.07, 6.45) is 2.68. The van der Waals surface area contributed by atoms with Crippen molar-refractivity contribution in [3.63, 3.8) is 0 Å². The smallest absolute Gasteiger partial charge is 0.120 e. The van der Waals surface area contributed by atoms with Gasteiger partial charge in [-0.1, -0.05) is 45.9 Å². The van der Waals surface area contributed by atoms with E-state index in [0.717, 1.165) is 12.7 Å². The summed E-state index contributed by atoms with van der Waals surface area (Å²) < 4.78 is 0. The predicted octanol–water partition coefficient (Wildman–Crippen LogP) is 4.06. The van der Waals surface area contributed by atoms with Crippen molar-refractivity contribution < 1.29 is 4.79 Å². The maximum Gasteiger partial charge on any atom is 0.120 e. The molecule has 1 rings (SSSR count). The molecule has 0 bridgehead atoms. The average molecular weight is 218 g/mol. The summed E-state index contributed by atoms with van der Waals surface area (Å²) in [4.78, 5) is 10.6. The van der Waals surface area contributed by atoms with Gasteiger partial charge in [0, 0.05) is 6.42 Å².